The van der Waals surface area contributed by atoms with Gasteiger partial charge in [0.05, 0.1) is 0 Å². The van der Waals surface area contributed by atoms with Crippen LogP contribution in [0.2, 0.25) is 0 Å². The van der Waals surface area contributed by atoms with Gasteiger partial charge in [-0.15, -0.1) is 10.2 Å². The van der Waals surface area contributed by atoms with Gasteiger partial charge >= 0.3 is 0 Å². The number of carbonyl (C=O) groups excluding carboxylic acids is 1. The molecular formula is C19H26N6O. The molecule has 7 nitrogen and oxygen atoms in total. The smallest absolute Gasteiger partial charge is 0.274 e. The summed E-state index contributed by atoms with van der Waals surface area (Å²) < 4.78 is 0. The first-order valence-electron chi connectivity index (χ1n) is 9.12. The third kappa shape index (κ3) is 4.54. The molecule has 1 saturated heterocycles. The third-order valence-electron chi connectivity index (χ3n) is 4.85. The van der Waals surface area contributed by atoms with Crippen LogP contribution in [0.1, 0.15) is 23.0 Å². The molecule has 0 saturated carbocycles. The van der Waals surface area contributed by atoms with Crippen molar-refractivity contribution in [3.63, 3.8) is 0 Å². The molecule has 0 spiro atoms. The zero-order chi connectivity index (χ0) is 18.4. The molecule has 0 unspecified atom stereocenters. The van der Waals surface area contributed by atoms with Crippen molar-refractivity contribution in [3.05, 3.63) is 47.9 Å². The fourth-order valence-electron chi connectivity index (χ4n) is 3.04. The lowest BCUT2D eigenvalue weighted by Crippen LogP contribution is -2.46. The second-order valence-electron chi connectivity index (χ2n) is 6.53. The van der Waals surface area contributed by atoms with Crippen LogP contribution in [0.25, 0.3) is 0 Å². The second kappa shape index (κ2) is 8.71. The van der Waals surface area contributed by atoms with E-state index in [1.165, 1.54) is 0 Å². The predicted octanol–water partition coefficient (Wildman–Crippen LogP) is 1.33. The van der Waals surface area contributed by atoms with Crippen molar-refractivity contribution in [2.24, 2.45) is 0 Å². The van der Waals surface area contributed by atoms with E-state index in [-0.39, 0.29) is 5.91 Å². The fourth-order valence-corrected chi connectivity index (χ4v) is 3.04. The van der Waals surface area contributed by atoms with E-state index < -0.39 is 0 Å². The Bertz CT molecular complexity index is 698. The number of piperazine rings is 1. The molecule has 1 fully saturated rings. The summed E-state index contributed by atoms with van der Waals surface area (Å²) in [4.78, 5) is 22.9. The molecule has 0 radical (unpaired) electrons. The number of nitrogens with zero attached hydrogens (tertiary/aromatic N) is 6. The molecular weight excluding hydrogens is 328 g/mol. The molecule has 2 aromatic heterocycles. The number of rotatable bonds is 6. The highest BCUT2D eigenvalue weighted by molar-refractivity contribution is 5.92. The van der Waals surface area contributed by atoms with Crippen LogP contribution in [0.5, 0.6) is 0 Å². The number of aromatic nitrogens is 3. The molecule has 3 rings (SSSR count). The van der Waals surface area contributed by atoms with Gasteiger partial charge in [-0.25, -0.2) is 0 Å². The van der Waals surface area contributed by atoms with Gasteiger partial charge in [0.2, 0.25) is 0 Å². The number of pyridine rings is 1. The van der Waals surface area contributed by atoms with E-state index in [1.54, 1.807) is 30.4 Å². The highest BCUT2D eigenvalue weighted by Gasteiger charge is 2.19. The average molecular weight is 354 g/mol. The minimum absolute atomic E-state index is 0.103. The van der Waals surface area contributed by atoms with E-state index in [4.69, 9.17) is 0 Å². The van der Waals surface area contributed by atoms with E-state index in [0.717, 1.165) is 50.5 Å². The maximum absolute atomic E-state index is 12.5. The highest BCUT2D eigenvalue weighted by atomic mass is 16.2. The lowest BCUT2D eigenvalue weighted by molar-refractivity contribution is 0.0789. The lowest BCUT2D eigenvalue weighted by atomic mass is 10.2. The van der Waals surface area contributed by atoms with Gasteiger partial charge in [0.1, 0.15) is 0 Å². The molecule has 0 bridgehead atoms. The van der Waals surface area contributed by atoms with Crippen molar-refractivity contribution < 1.29 is 4.79 Å². The van der Waals surface area contributed by atoms with Crippen LogP contribution in [0, 0.1) is 0 Å². The first-order chi connectivity index (χ1) is 12.7. The summed E-state index contributed by atoms with van der Waals surface area (Å²) in [5.41, 5.74) is 1.55. The van der Waals surface area contributed by atoms with E-state index in [0.29, 0.717) is 12.2 Å². The fraction of sp³-hybridized carbons (Fsp3) is 0.474. The number of likely N-dealkylation sites (N-methyl/N-ethyl adjacent to an activating group) is 2. The zero-order valence-electron chi connectivity index (χ0n) is 15.5. The van der Waals surface area contributed by atoms with Crippen molar-refractivity contribution in [2.45, 2.75) is 13.3 Å². The van der Waals surface area contributed by atoms with Gasteiger partial charge in [-0.1, -0.05) is 6.92 Å². The van der Waals surface area contributed by atoms with Crippen LogP contribution in [0.15, 0.2) is 36.7 Å². The van der Waals surface area contributed by atoms with Crippen molar-refractivity contribution in [1.29, 1.82) is 0 Å². The zero-order valence-corrected chi connectivity index (χ0v) is 15.5. The van der Waals surface area contributed by atoms with Gasteiger partial charge in [0, 0.05) is 52.2 Å². The van der Waals surface area contributed by atoms with Crippen LogP contribution in [-0.2, 0) is 6.42 Å². The number of hydrogen-bond acceptors (Lipinski definition) is 6. The van der Waals surface area contributed by atoms with Crippen LogP contribution >= 0.6 is 0 Å². The van der Waals surface area contributed by atoms with E-state index >= 15 is 0 Å². The summed E-state index contributed by atoms with van der Waals surface area (Å²) in [5, 5.41) is 8.44. The van der Waals surface area contributed by atoms with Crippen molar-refractivity contribution in [1.82, 2.24) is 25.0 Å². The number of anilines is 1. The molecule has 1 aliphatic rings. The van der Waals surface area contributed by atoms with Crippen LogP contribution in [0.3, 0.4) is 0 Å². The summed E-state index contributed by atoms with van der Waals surface area (Å²) in [7, 11) is 1.79. The maximum Gasteiger partial charge on any atom is 0.274 e. The SMILES string of the molecule is CCN1CCN(c2ccc(C(=O)N(C)CCc3ccncc3)nn2)CC1. The van der Waals surface area contributed by atoms with Crippen molar-refractivity contribution in [3.8, 4) is 0 Å². The topological polar surface area (TPSA) is 65.5 Å². The predicted molar refractivity (Wildman–Crippen MR) is 101 cm³/mol. The summed E-state index contributed by atoms with van der Waals surface area (Å²) >= 11 is 0. The Balaban J connectivity index is 1.55. The average Bonchev–Trinajstić information content (AvgIpc) is 2.72. The Morgan fingerprint density at radius 3 is 2.42 bits per heavy atom. The monoisotopic (exact) mass is 354 g/mol. The van der Waals surface area contributed by atoms with Crippen molar-refractivity contribution in [2.75, 3.05) is 51.2 Å². The van der Waals surface area contributed by atoms with E-state index in [9.17, 15) is 4.79 Å². The normalized spacial score (nSPS) is 15.1. The molecule has 1 aliphatic heterocycles. The van der Waals surface area contributed by atoms with Gasteiger partial charge in [-0.2, -0.15) is 0 Å². The number of amides is 1. The largest absolute Gasteiger partial charge is 0.353 e. The quantitative estimate of drug-likeness (QED) is 0.780. The standard InChI is InChI=1S/C19H26N6O/c1-3-24-12-14-25(15-13-24)18-5-4-17(21-22-18)19(26)23(2)11-8-16-6-9-20-10-7-16/h4-7,9-10H,3,8,11-15H2,1-2H3. The molecule has 0 aliphatic carbocycles. The first-order valence-corrected chi connectivity index (χ1v) is 9.12. The second-order valence-corrected chi connectivity index (χ2v) is 6.53. The molecule has 0 atom stereocenters. The molecule has 7 heteroatoms. The summed E-state index contributed by atoms with van der Waals surface area (Å²) in [5.74, 6) is 0.741. The molecule has 2 aromatic rings. The third-order valence-corrected chi connectivity index (χ3v) is 4.85. The molecule has 138 valence electrons. The van der Waals surface area contributed by atoms with Crippen LogP contribution in [-0.4, -0.2) is 77.2 Å². The minimum atomic E-state index is -0.103. The Morgan fingerprint density at radius 1 is 1.08 bits per heavy atom. The van der Waals surface area contributed by atoms with Crippen LogP contribution in [0.4, 0.5) is 5.82 Å². The Kier molecular flexibility index (Phi) is 6.12. The van der Waals surface area contributed by atoms with Crippen molar-refractivity contribution >= 4 is 11.7 Å². The van der Waals surface area contributed by atoms with Crippen LogP contribution < -0.4 is 4.90 Å². The van der Waals surface area contributed by atoms with E-state index in [1.807, 2.05) is 18.2 Å². The molecule has 0 aromatic carbocycles. The highest BCUT2D eigenvalue weighted by Crippen LogP contribution is 2.13. The summed E-state index contributed by atoms with van der Waals surface area (Å²) in [6, 6.07) is 7.61. The minimum Gasteiger partial charge on any atom is -0.353 e. The van der Waals surface area contributed by atoms with Gasteiger partial charge in [0.25, 0.3) is 5.91 Å². The Morgan fingerprint density at radius 2 is 1.81 bits per heavy atom. The Labute approximate surface area is 154 Å². The molecule has 1 amide bonds. The van der Waals surface area contributed by atoms with Gasteiger partial charge in [-0.05, 0) is 42.8 Å². The molecule has 3 heterocycles. The van der Waals surface area contributed by atoms with Gasteiger partial charge in [0.15, 0.2) is 11.5 Å². The number of hydrogen-bond donors (Lipinski definition) is 0. The maximum atomic E-state index is 12.5. The van der Waals surface area contributed by atoms with Gasteiger partial charge in [-0.3, -0.25) is 9.78 Å². The number of carbonyl (C=O) groups is 1. The summed E-state index contributed by atoms with van der Waals surface area (Å²) in [6.45, 7) is 7.86. The lowest BCUT2D eigenvalue weighted by Gasteiger charge is -2.34. The van der Waals surface area contributed by atoms with E-state index in [2.05, 4.69) is 31.9 Å². The summed E-state index contributed by atoms with van der Waals surface area (Å²) in [6.07, 6.45) is 4.32. The van der Waals surface area contributed by atoms with Gasteiger partial charge < -0.3 is 14.7 Å². The molecule has 0 N–H and O–H groups in total. The first kappa shape index (κ1) is 18.3. The molecule has 26 heavy (non-hydrogen) atoms. The Hall–Kier alpha value is -2.54.